The first-order valence-corrected chi connectivity index (χ1v) is 2.88. The van der Waals surface area contributed by atoms with Gasteiger partial charge in [0.25, 0.3) is 0 Å². The van der Waals surface area contributed by atoms with Gasteiger partial charge in [0.2, 0.25) is 0 Å². The maximum absolute atomic E-state index is 12.3. The van der Waals surface area contributed by atoms with E-state index in [1.807, 2.05) is 0 Å². The second kappa shape index (κ2) is 4.03. The Morgan fingerprint density at radius 3 is 2.07 bits per heavy atom. The standard InChI is InChI=1S/C5H2F5NO2.Na.H/c6-4(7,5(8,9)10)2-1-3(12)13-11-2;;/h1,11H;;/q;+1;-1. The Morgan fingerprint density at radius 2 is 1.79 bits per heavy atom. The fourth-order valence-corrected chi connectivity index (χ4v) is 0.589. The number of nitrogens with one attached hydrogen (secondary N) is 1. The molecule has 0 aliphatic heterocycles. The van der Waals surface area contributed by atoms with Crippen molar-refractivity contribution in [1.29, 1.82) is 0 Å². The topological polar surface area (TPSA) is 46.0 Å². The second-order valence-electron chi connectivity index (χ2n) is 2.15. The molecule has 1 aromatic rings. The minimum Gasteiger partial charge on any atom is -1.00 e. The summed E-state index contributed by atoms with van der Waals surface area (Å²) in [6.45, 7) is 0. The van der Waals surface area contributed by atoms with E-state index in [1.54, 1.807) is 0 Å². The van der Waals surface area contributed by atoms with Crippen molar-refractivity contribution >= 4 is 0 Å². The number of halogens is 5. The number of hydrogen-bond donors (Lipinski definition) is 1. The fourth-order valence-electron chi connectivity index (χ4n) is 0.589. The number of aromatic amines is 1. The molecule has 1 aromatic heterocycles. The zero-order chi connectivity index (χ0) is 10.3. The molecule has 0 unspecified atom stereocenters. The molecular weight excluding hydrogens is 224 g/mol. The van der Waals surface area contributed by atoms with E-state index in [1.165, 1.54) is 5.16 Å². The van der Waals surface area contributed by atoms with Crippen molar-refractivity contribution in [2.75, 3.05) is 0 Å². The van der Waals surface area contributed by atoms with Crippen molar-refractivity contribution < 1.29 is 57.5 Å². The van der Waals surface area contributed by atoms with Gasteiger partial charge in [-0.25, -0.2) is 9.95 Å². The Balaban J connectivity index is 0. The molecule has 0 aliphatic rings. The average Bonchev–Trinajstić information content (AvgIpc) is 2.33. The number of rotatable bonds is 1. The van der Waals surface area contributed by atoms with Gasteiger partial charge in [0.1, 0.15) is 5.69 Å². The van der Waals surface area contributed by atoms with Crippen LogP contribution in [0.4, 0.5) is 22.0 Å². The molecule has 0 saturated heterocycles. The molecule has 1 rings (SSSR count). The first-order valence-electron chi connectivity index (χ1n) is 2.88. The minimum atomic E-state index is -5.75. The monoisotopic (exact) mass is 227 g/mol. The zero-order valence-corrected chi connectivity index (χ0v) is 8.78. The van der Waals surface area contributed by atoms with Crippen molar-refractivity contribution in [3.05, 3.63) is 22.2 Å². The van der Waals surface area contributed by atoms with E-state index in [-0.39, 0.29) is 37.1 Å². The quantitative estimate of drug-likeness (QED) is 0.480. The molecule has 1 N–H and O–H groups in total. The third-order valence-electron chi connectivity index (χ3n) is 1.22. The van der Waals surface area contributed by atoms with Crippen molar-refractivity contribution in [1.82, 2.24) is 5.16 Å². The fraction of sp³-hybridized carbons (Fsp3) is 0.400. The maximum atomic E-state index is 12.3. The van der Waals surface area contributed by atoms with Gasteiger partial charge in [-0.1, -0.05) is 0 Å². The third kappa shape index (κ3) is 2.37. The molecular formula is C5H3F5NNaO2. The molecule has 9 heteroatoms. The molecule has 14 heavy (non-hydrogen) atoms. The smallest absolute Gasteiger partial charge is 1.00 e. The predicted molar refractivity (Wildman–Crippen MR) is 30.4 cm³/mol. The van der Waals surface area contributed by atoms with Crippen LogP contribution in [0.1, 0.15) is 7.12 Å². The van der Waals surface area contributed by atoms with Crippen LogP contribution in [-0.4, -0.2) is 11.3 Å². The summed E-state index contributed by atoms with van der Waals surface area (Å²) in [5, 5.41) is 1.19. The van der Waals surface area contributed by atoms with Crippen LogP contribution in [0.3, 0.4) is 0 Å². The molecule has 0 atom stereocenters. The van der Waals surface area contributed by atoms with Crippen LogP contribution in [0.5, 0.6) is 0 Å². The SMILES string of the molecule is O=c1cc(C(F)(F)C(F)(F)F)[nH]o1.[H-].[Na+]. The summed E-state index contributed by atoms with van der Waals surface area (Å²) >= 11 is 0. The van der Waals surface area contributed by atoms with E-state index in [9.17, 15) is 26.7 Å². The van der Waals surface area contributed by atoms with E-state index in [0.717, 1.165) is 0 Å². The van der Waals surface area contributed by atoms with Gasteiger partial charge in [-0.15, -0.1) is 0 Å². The molecule has 76 valence electrons. The summed E-state index contributed by atoms with van der Waals surface area (Å²) in [5.74, 6) is -5.10. The van der Waals surface area contributed by atoms with E-state index < -0.39 is 23.4 Å². The predicted octanol–water partition coefficient (Wildman–Crippen LogP) is -1.26. The summed E-state index contributed by atoms with van der Waals surface area (Å²) in [4.78, 5) is 10.2. The normalized spacial score (nSPS) is 12.4. The Bertz CT molecular complexity index is 359. The molecule has 1 heterocycles. The van der Waals surface area contributed by atoms with E-state index in [2.05, 4.69) is 4.52 Å². The minimum absolute atomic E-state index is 0. The van der Waals surface area contributed by atoms with Crippen LogP contribution in [0, 0.1) is 0 Å². The van der Waals surface area contributed by atoms with Gasteiger partial charge in [0.15, 0.2) is 0 Å². The Labute approximate surface area is 97.0 Å². The number of hydrogen-bond acceptors (Lipinski definition) is 2. The molecule has 0 bridgehead atoms. The summed E-state index contributed by atoms with van der Waals surface area (Å²) in [5.41, 5.74) is -2.90. The number of H-pyrrole nitrogens is 1. The Morgan fingerprint density at radius 1 is 1.29 bits per heavy atom. The van der Waals surface area contributed by atoms with Crippen LogP contribution in [-0.2, 0) is 5.92 Å². The maximum Gasteiger partial charge on any atom is 1.00 e. The zero-order valence-electron chi connectivity index (χ0n) is 7.78. The molecule has 0 saturated carbocycles. The van der Waals surface area contributed by atoms with Gasteiger partial charge in [0.05, 0.1) is 6.07 Å². The van der Waals surface area contributed by atoms with Crippen LogP contribution >= 0.6 is 0 Å². The molecule has 0 spiro atoms. The first kappa shape index (κ1) is 13.7. The number of aromatic nitrogens is 1. The summed E-state index contributed by atoms with van der Waals surface area (Å²) in [6, 6.07) is 0.0491. The van der Waals surface area contributed by atoms with Gasteiger partial charge in [-0.3, -0.25) is 0 Å². The van der Waals surface area contributed by atoms with Crippen LogP contribution in [0.25, 0.3) is 0 Å². The van der Waals surface area contributed by atoms with E-state index in [0.29, 0.717) is 0 Å². The second-order valence-corrected chi connectivity index (χ2v) is 2.15. The van der Waals surface area contributed by atoms with Crippen LogP contribution in [0.15, 0.2) is 15.4 Å². The molecule has 0 amide bonds. The Hall–Kier alpha value is -0.340. The van der Waals surface area contributed by atoms with Crippen molar-refractivity contribution in [2.45, 2.75) is 12.1 Å². The van der Waals surface area contributed by atoms with Crippen molar-refractivity contribution in [2.24, 2.45) is 0 Å². The molecule has 0 radical (unpaired) electrons. The van der Waals surface area contributed by atoms with Crippen molar-refractivity contribution in [3.63, 3.8) is 0 Å². The van der Waals surface area contributed by atoms with Gasteiger partial charge in [-0.2, -0.15) is 22.0 Å². The molecule has 3 nitrogen and oxygen atoms in total. The largest absolute Gasteiger partial charge is 1.00 e. The van der Waals surface area contributed by atoms with Crippen LogP contribution in [0.2, 0.25) is 0 Å². The summed E-state index contributed by atoms with van der Waals surface area (Å²) < 4.78 is 63.2. The van der Waals surface area contributed by atoms with E-state index in [4.69, 9.17) is 0 Å². The average molecular weight is 227 g/mol. The molecule has 0 fully saturated rings. The van der Waals surface area contributed by atoms with Crippen LogP contribution < -0.4 is 35.2 Å². The molecule has 0 aromatic carbocycles. The summed E-state index contributed by atoms with van der Waals surface area (Å²) in [7, 11) is 0. The van der Waals surface area contributed by atoms with Gasteiger partial charge < -0.3 is 5.95 Å². The first-order chi connectivity index (χ1) is 5.75. The van der Waals surface area contributed by atoms with Gasteiger partial charge >= 0.3 is 47.3 Å². The van der Waals surface area contributed by atoms with Gasteiger partial charge in [0, 0.05) is 0 Å². The van der Waals surface area contributed by atoms with E-state index >= 15 is 0 Å². The summed E-state index contributed by atoms with van der Waals surface area (Å²) in [6.07, 6.45) is -5.75. The number of alkyl halides is 5. The molecule has 0 aliphatic carbocycles. The third-order valence-corrected chi connectivity index (χ3v) is 1.22. The van der Waals surface area contributed by atoms with Crippen molar-refractivity contribution in [3.8, 4) is 0 Å². The van der Waals surface area contributed by atoms with Gasteiger partial charge in [-0.05, 0) is 0 Å². The Kier molecular flexibility index (Phi) is 3.93.